The number of fused-ring (bicyclic) bond motifs is 2. The molecule has 6 rings (SSSR count). The van der Waals surface area contributed by atoms with E-state index >= 15 is 0 Å². The summed E-state index contributed by atoms with van der Waals surface area (Å²) in [6.07, 6.45) is 0.283. The normalized spacial score (nSPS) is 16.6. The fraction of sp³-hybridized carbons (Fsp3) is 0.250. The van der Waals surface area contributed by atoms with Crippen LogP contribution >= 0.6 is 0 Å². The molecule has 0 saturated carbocycles. The highest BCUT2D eigenvalue weighted by molar-refractivity contribution is 5.93. The Kier molecular flexibility index (Phi) is 9.44. The Morgan fingerprint density at radius 3 is 1.37 bits per heavy atom. The lowest BCUT2D eigenvalue weighted by Crippen LogP contribution is -2.27. The first-order valence-electron chi connectivity index (χ1n) is 14.0. The van der Waals surface area contributed by atoms with Crippen molar-refractivity contribution in [2.75, 3.05) is 13.3 Å². The second-order valence-electron chi connectivity index (χ2n) is 10.5. The number of primary amides is 2. The minimum Gasteiger partial charge on any atom is -0.471 e. The summed E-state index contributed by atoms with van der Waals surface area (Å²) in [5.74, 6) is -4.48. The third-order valence-corrected chi connectivity index (χ3v) is 7.45. The summed E-state index contributed by atoms with van der Waals surface area (Å²) in [5, 5.41) is 0. The molecule has 0 radical (unpaired) electrons. The van der Waals surface area contributed by atoms with Gasteiger partial charge in [-0.05, 0) is 73.2 Å². The molecule has 2 aliphatic heterocycles. The highest BCUT2D eigenvalue weighted by Crippen LogP contribution is 2.38. The number of hydrogen-bond acceptors (Lipinski definition) is 6. The first-order valence-corrected chi connectivity index (χ1v) is 14.0. The summed E-state index contributed by atoms with van der Waals surface area (Å²) < 4.78 is 90.9. The van der Waals surface area contributed by atoms with E-state index in [0.29, 0.717) is 47.9 Å². The van der Waals surface area contributed by atoms with Crippen LogP contribution in [0.15, 0.2) is 48.5 Å². The van der Waals surface area contributed by atoms with Crippen LogP contribution in [0.1, 0.15) is 44.9 Å². The first kappa shape index (κ1) is 32.3. The molecule has 0 bridgehead atoms. The topological polar surface area (TPSA) is 130 Å². The van der Waals surface area contributed by atoms with Crippen molar-refractivity contribution in [3.63, 3.8) is 0 Å². The van der Waals surface area contributed by atoms with Gasteiger partial charge in [0, 0.05) is 34.4 Å². The largest absolute Gasteiger partial charge is 0.471 e. The Labute approximate surface area is 258 Å². The van der Waals surface area contributed by atoms with Gasteiger partial charge >= 0.3 is 0 Å². The number of nitrogens with zero attached hydrogens (tertiary/aromatic N) is 2. The lowest BCUT2D eigenvalue weighted by molar-refractivity contribution is 0.0982. The first-order chi connectivity index (χ1) is 22.0. The zero-order valence-corrected chi connectivity index (χ0v) is 24.0. The molecule has 2 amide bonds. The van der Waals surface area contributed by atoms with Crippen molar-refractivity contribution in [2.24, 2.45) is 11.5 Å². The molecule has 0 spiro atoms. The predicted molar refractivity (Wildman–Crippen MR) is 154 cm³/mol. The highest BCUT2D eigenvalue weighted by atomic mass is 19.2. The minimum atomic E-state index is -0.817. The van der Waals surface area contributed by atoms with Crippen LogP contribution in [0.2, 0.25) is 0 Å². The van der Waals surface area contributed by atoms with Crippen LogP contribution in [0.5, 0.6) is 11.8 Å². The van der Waals surface area contributed by atoms with E-state index in [2.05, 4.69) is 9.97 Å². The summed E-state index contributed by atoms with van der Waals surface area (Å²) in [4.78, 5) is 30.8. The van der Waals surface area contributed by atoms with Gasteiger partial charge in [-0.3, -0.25) is 9.59 Å². The van der Waals surface area contributed by atoms with E-state index < -0.39 is 60.6 Å². The monoisotopic (exact) mass is 644 g/mol. The SMILES string of the molecule is NC(=O)c1cc(-c2ccc(F)cc2F)c2c(n1)O[C@@H](CF)CC2.NC(=O)c1cc(-c2ccc(F)cc2F)c2c(n1)O[C@H](CF)CC2. The van der Waals surface area contributed by atoms with Crippen molar-refractivity contribution < 1.29 is 45.4 Å². The molecule has 0 aliphatic carbocycles. The number of carbonyl (C=O) groups is 2. The van der Waals surface area contributed by atoms with E-state index in [-0.39, 0.29) is 34.3 Å². The van der Waals surface area contributed by atoms with Crippen LogP contribution in [0.3, 0.4) is 0 Å². The predicted octanol–water partition coefficient (Wildman–Crippen LogP) is 5.58. The van der Waals surface area contributed by atoms with Crippen LogP contribution in [0.4, 0.5) is 26.3 Å². The molecular formula is C32H26F6N4O4. The smallest absolute Gasteiger partial charge is 0.267 e. The van der Waals surface area contributed by atoms with Crippen LogP contribution in [-0.2, 0) is 12.8 Å². The van der Waals surface area contributed by atoms with Crippen molar-refractivity contribution in [2.45, 2.75) is 37.9 Å². The van der Waals surface area contributed by atoms with Gasteiger partial charge in [-0.15, -0.1) is 0 Å². The molecule has 46 heavy (non-hydrogen) atoms. The number of aromatic nitrogens is 2. The van der Waals surface area contributed by atoms with Gasteiger partial charge in [0.15, 0.2) is 0 Å². The summed E-state index contributed by atoms with van der Waals surface area (Å²) in [6.45, 7) is -1.38. The molecular weight excluding hydrogens is 618 g/mol. The number of halogens is 6. The Bertz CT molecular complexity index is 1690. The standard InChI is InChI=1S/2C16H13F3N2O2/c2*17-7-9-2-4-11-12(10-3-1-8(18)5-13(10)19)6-14(15(20)22)21-16(11)23-9/h2*1,3,5-6,9H,2,4,7H2,(H2,20,22)/t2*9-/m10/s1. The Morgan fingerprint density at radius 1 is 0.652 bits per heavy atom. The highest BCUT2D eigenvalue weighted by Gasteiger charge is 2.28. The number of benzene rings is 2. The van der Waals surface area contributed by atoms with Gasteiger partial charge in [0.2, 0.25) is 11.8 Å². The van der Waals surface area contributed by atoms with Gasteiger partial charge in [0.05, 0.1) is 0 Å². The summed E-state index contributed by atoms with van der Waals surface area (Å²) in [7, 11) is 0. The zero-order chi connectivity index (χ0) is 33.1. The molecule has 240 valence electrons. The molecule has 2 aromatic heterocycles. The second kappa shape index (κ2) is 13.5. The van der Waals surface area contributed by atoms with Crippen molar-refractivity contribution in [3.8, 4) is 34.0 Å². The maximum Gasteiger partial charge on any atom is 0.267 e. The van der Waals surface area contributed by atoms with Gasteiger partial charge < -0.3 is 20.9 Å². The average molecular weight is 645 g/mol. The molecule has 0 fully saturated rings. The summed E-state index contributed by atoms with van der Waals surface area (Å²) in [5.41, 5.74) is 12.2. The number of nitrogens with two attached hydrogens (primary N) is 2. The Morgan fingerprint density at radius 2 is 1.04 bits per heavy atom. The van der Waals surface area contributed by atoms with E-state index in [1.54, 1.807) is 0 Å². The number of ether oxygens (including phenoxy) is 2. The summed E-state index contributed by atoms with van der Waals surface area (Å²) >= 11 is 0. The maximum absolute atomic E-state index is 14.1. The van der Waals surface area contributed by atoms with Gasteiger partial charge in [-0.2, -0.15) is 0 Å². The molecule has 0 saturated heterocycles. The van der Waals surface area contributed by atoms with E-state index in [0.717, 1.165) is 24.3 Å². The number of hydrogen-bond donors (Lipinski definition) is 2. The minimum absolute atomic E-state index is 0.0638. The van der Waals surface area contributed by atoms with Gasteiger partial charge in [-0.25, -0.2) is 36.3 Å². The molecule has 2 atom stereocenters. The van der Waals surface area contributed by atoms with Gasteiger partial charge in [-0.1, -0.05) is 0 Å². The zero-order valence-electron chi connectivity index (χ0n) is 24.0. The third kappa shape index (κ3) is 6.75. The number of alkyl halides is 2. The molecule has 4 heterocycles. The maximum atomic E-state index is 14.1. The van der Waals surface area contributed by atoms with Gasteiger partial charge in [0.25, 0.3) is 11.8 Å². The van der Waals surface area contributed by atoms with E-state index in [9.17, 15) is 35.9 Å². The number of pyridine rings is 2. The molecule has 8 nitrogen and oxygen atoms in total. The van der Waals surface area contributed by atoms with Crippen LogP contribution in [0, 0.1) is 23.3 Å². The molecule has 14 heteroatoms. The Hall–Kier alpha value is -5.14. The van der Waals surface area contributed by atoms with Crippen molar-refractivity contribution in [3.05, 3.63) is 94.3 Å². The number of amides is 2. The van der Waals surface area contributed by atoms with E-state index in [1.807, 2.05) is 0 Å². The second-order valence-corrected chi connectivity index (χ2v) is 10.5. The molecule has 0 unspecified atom stereocenters. The average Bonchev–Trinajstić information content (AvgIpc) is 3.03. The quantitative estimate of drug-likeness (QED) is 0.264. The van der Waals surface area contributed by atoms with Crippen LogP contribution in [-0.4, -0.2) is 47.3 Å². The fourth-order valence-corrected chi connectivity index (χ4v) is 5.18. The van der Waals surface area contributed by atoms with Crippen LogP contribution in [0.25, 0.3) is 22.3 Å². The van der Waals surface area contributed by atoms with Crippen molar-refractivity contribution in [1.29, 1.82) is 0 Å². The summed E-state index contributed by atoms with van der Waals surface area (Å²) in [6, 6.07) is 8.96. The third-order valence-electron chi connectivity index (χ3n) is 7.45. The lowest BCUT2D eigenvalue weighted by atomic mass is 9.94. The van der Waals surface area contributed by atoms with E-state index in [1.165, 1.54) is 24.3 Å². The number of carbonyl (C=O) groups excluding carboxylic acids is 2. The lowest BCUT2D eigenvalue weighted by Gasteiger charge is -2.25. The van der Waals surface area contributed by atoms with Gasteiger partial charge in [0.1, 0.15) is 60.2 Å². The molecule has 2 aliphatic rings. The van der Waals surface area contributed by atoms with E-state index in [4.69, 9.17) is 20.9 Å². The van der Waals surface area contributed by atoms with Crippen molar-refractivity contribution in [1.82, 2.24) is 9.97 Å². The molecule has 4 N–H and O–H groups in total. The number of rotatable bonds is 6. The molecule has 4 aromatic rings. The Balaban J connectivity index is 0.000000181. The fourth-order valence-electron chi connectivity index (χ4n) is 5.18. The van der Waals surface area contributed by atoms with Crippen LogP contribution < -0.4 is 20.9 Å². The molecule has 2 aromatic carbocycles. The van der Waals surface area contributed by atoms with Crippen molar-refractivity contribution >= 4 is 11.8 Å².